The molecule has 0 aliphatic heterocycles. The molecule has 100 valence electrons. The van der Waals surface area contributed by atoms with E-state index >= 15 is 0 Å². The standard InChI is InChI=1S/C16H31N/c1-8-16(15(6)13(2)3)11-9-10-12-17(7)14(4)5/h13,16H,4,6,8-12H2,1-3,5,7H3. The van der Waals surface area contributed by atoms with Crippen LogP contribution in [-0.2, 0) is 0 Å². The third-order valence-corrected chi connectivity index (χ3v) is 3.71. The molecule has 0 N–H and O–H groups in total. The minimum absolute atomic E-state index is 0.623. The molecule has 17 heavy (non-hydrogen) atoms. The van der Waals surface area contributed by atoms with Crippen LogP contribution >= 0.6 is 0 Å². The summed E-state index contributed by atoms with van der Waals surface area (Å²) in [5.41, 5.74) is 2.59. The van der Waals surface area contributed by atoms with Crippen LogP contribution < -0.4 is 0 Å². The van der Waals surface area contributed by atoms with Crippen LogP contribution in [0, 0.1) is 11.8 Å². The molecule has 0 spiro atoms. The van der Waals surface area contributed by atoms with Gasteiger partial charge in [-0.05, 0) is 38.0 Å². The molecule has 0 aromatic carbocycles. The molecule has 0 aromatic rings. The number of allylic oxidation sites excluding steroid dienone is 2. The molecular weight excluding hydrogens is 206 g/mol. The van der Waals surface area contributed by atoms with Gasteiger partial charge >= 0.3 is 0 Å². The maximum Gasteiger partial charge on any atom is 0.0171 e. The van der Waals surface area contributed by atoms with Crippen molar-refractivity contribution in [2.45, 2.75) is 53.4 Å². The topological polar surface area (TPSA) is 3.24 Å². The molecule has 0 bridgehead atoms. The molecular formula is C16H31N. The van der Waals surface area contributed by atoms with Crippen LogP contribution in [0.5, 0.6) is 0 Å². The summed E-state index contributed by atoms with van der Waals surface area (Å²) < 4.78 is 0. The van der Waals surface area contributed by atoms with Gasteiger partial charge in [0.05, 0.1) is 0 Å². The summed E-state index contributed by atoms with van der Waals surface area (Å²) in [6, 6.07) is 0. The Morgan fingerprint density at radius 1 is 1.18 bits per heavy atom. The van der Waals surface area contributed by atoms with E-state index < -0.39 is 0 Å². The molecule has 1 nitrogen and oxygen atoms in total. The summed E-state index contributed by atoms with van der Waals surface area (Å²) in [6.07, 6.45) is 5.07. The molecule has 0 saturated carbocycles. The predicted octanol–water partition coefficient (Wildman–Crippen LogP) is 4.86. The number of rotatable bonds is 9. The summed E-state index contributed by atoms with van der Waals surface area (Å²) >= 11 is 0. The van der Waals surface area contributed by atoms with Gasteiger partial charge in [-0.1, -0.05) is 45.9 Å². The molecule has 0 saturated heterocycles. The summed E-state index contributed by atoms with van der Waals surface area (Å²) in [5.74, 6) is 1.34. The Bertz CT molecular complexity index is 240. The van der Waals surface area contributed by atoms with E-state index in [0.29, 0.717) is 11.8 Å². The van der Waals surface area contributed by atoms with Crippen molar-refractivity contribution in [1.29, 1.82) is 0 Å². The highest BCUT2D eigenvalue weighted by atomic mass is 15.1. The van der Waals surface area contributed by atoms with Crippen LogP contribution in [0.1, 0.15) is 53.4 Å². The van der Waals surface area contributed by atoms with Crippen molar-refractivity contribution in [3.63, 3.8) is 0 Å². The van der Waals surface area contributed by atoms with E-state index in [2.05, 4.69) is 52.8 Å². The van der Waals surface area contributed by atoms with Crippen molar-refractivity contribution in [2.24, 2.45) is 11.8 Å². The highest BCUT2D eigenvalue weighted by molar-refractivity contribution is 5.03. The smallest absolute Gasteiger partial charge is 0.0171 e. The van der Waals surface area contributed by atoms with Gasteiger partial charge < -0.3 is 4.90 Å². The second-order valence-electron chi connectivity index (χ2n) is 5.49. The molecule has 0 aromatic heterocycles. The first kappa shape index (κ1) is 16.3. The SMILES string of the molecule is C=C(C(C)C)C(CC)CCCCN(C)C(=C)C. The minimum atomic E-state index is 0.623. The van der Waals surface area contributed by atoms with Crippen LogP contribution in [0.15, 0.2) is 24.4 Å². The molecule has 0 heterocycles. The monoisotopic (exact) mass is 237 g/mol. The van der Waals surface area contributed by atoms with Crippen LogP contribution in [0.4, 0.5) is 0 Å². The number of hydrogen-bond donors (Lipinski definition) is 0. The molecule has 1 heteroatoms. The Morgan fingerprint density at radius 2 is 1.76 bits per heavy atom. The normalized spacial score (nSPS) is 12.6. The zero-order valence-electron chi connectivity index (χ0n) is 12.6. The molecule has 0 radical (unpaired) electrons. The molecule has 0 fully saturated rings. The molecule has 0 amide bonds. The van der Waals surface area contributed by atoms with Crippen LogP contribution in [0.3, 0.4) is 0 Å². The van der Waals surface area contributed by atoms with E-state index in [1.165, 1.54) is 31.3 Å². The highest BCUT2D eigenvalue weighted by Crippen LogP contribution is 2.25. The van der Waals surface area contributed by atoms with E-state index in [1.807, 2.05) is 0 Å². The van der Waals surface area contributed by atoms with E-state index in [1.54, 1.807) is 0 Å². The Balaban J connectivity index is 3.85. The highest BCUT2D eigenvalue weighted by Gasteiger charge is 2.12. The van der Waals surface area contributed by atoms with Gasteiger partial charge in [0, 0.05) is 19.3 Å². The van der Waals surface area contributed by atoms with Gasteiger partial charge in [-0.2, -0.15) is 0 Å². The quantitative estimate of drug-likeness (QED) is 0.409. The Morgan fingerprint density at radius 3 is 2.18 bits per heavy atom. The van der Waals surface area contributed by atoms with Crippen molar-refractivity contribution in [2.75, 3.05) is 13.6 Å². The first-order valence-electron chi connectivity index (χ1n) is 6.95. The van der Waals surface area contributed by atoms with Crippen molar-refractivity contribution in [1.82, 2.24) is 4.90 Å². The lowest BCUT2D eigenvalue weighted by molar-refractivity contribution is 0.386. The van der Waals surface area contributed by atoms with E-state index in [0.717, 1.165) is 12.2 Å². The number of unbranched alkanes of at least 4 members (excludes halogenated alkanes) is 1. The lowest BCUT2D eigenvalue weighted by atomic mass is 9.86. The fourth-order valence-corrected chi connectivity index (χ4v) is 2.05. The molecule has 1 unspecified atom stereocenters. The summed E-state index contributed by atoms with van der Waals surface area (Å²) in [7, 11) is 2.12. The van der Waals surface area contributed by atoms with Crippen molar-refractivity contribution in [3.05, 3.63) is 24.4 Å². The predicted molar refractivity (Wildman–Crippen MR) is 79.1 cm³/mol. The average molecular weight is 237 g/mol. The van der Waals surface area contributed by atoms with Crippen LogP contribution in [-0.4, -0.2) is 18.5 Å². The van der Waals surface area contributed by atoms with Crippen molar-refractivity contribution >= 4 is 0 Å². The van der Waals surface area contributed by atoms with Gasteiger partial charge in [-0.15, -0.1) is 0 Å². The number of nitrogens with zero attached hydrogens (tertiary/aromatic N) is 1. The molecule has 0 aliphatic carbocycles. The Labute approximate surface area is 109 Å². The summed E-state index contributed by atoms with van der Waals surface area (Å²) in [5, 5.41) is 0. The Kier molecular flexibility index (Phi) is 8.03. The first-order chi connectivity index (χ1) is 7.90. The fraction of sp³-hybridized carbons (Fsp3) is 0.750. The largest absolute Gasteiger partial charge is 0.379 e. The second-order valence-corrected chi connectivity index (χ2v) is 5.49. The maximum atomic E-state index is 4.24. The summed E-state index contributed by atoms with van der Waals surface area (Å²) in [4.78, 5) is 2.23. The van der Waals surface area contributed by atoms with E-state index in [-0.39, 0.29) is 0 Å². The van der Waals surface area contributed by atoms with Gasteiger partial charge in [0.25, 0.3) is 0 Å². The van der Waals surface area contributed by atoms with Crippen molar-refractivity contribution in [3.8, 4) is 0 Å². The molecule has 0 rings (SSSR count). The van der Waals surface area contributed by atoms with Gasteiger partial charge in [-0.25, -0.2) is 0 Å². The second kappa shape index (κ2) is 8.38. The Hall–Kier alpha value is -0.720. The van der Waals surface area contributed by atoms with Gasteiger partial charge in [-0.3, -0.25) is 0 Å². The third-order valence-electron chi connectivity index (χ3n) is 3.71. The maximum absolute atomic E-state index is 4.24. The van der Waals surface area contributed by atoms with E-state index in [9.17, 15) is 0 Å². The van der Waals surface area contributed by atoms with Gasteiger partial charge in [0.1, 0.15) is 0 Å². The van der Waals surface area contributed by atoms with Gasteiger partial charge in [0.15, 0.2) is 0 Å². The van der Waals surface area contributed by atoms with Crippen LogP contribution in [0.2, 0.25) is 0 Å². The average Bonchev–Trinajstić information content (AvgIpc) is 2.27. The minimum Gasteiger partial charge on any atom is -0.379 e. The summed E-state index contributed by atoms with van der Waals surface area (Å²) in [6.45, 7) is 18.2. The third kappa shape index (κ3) is 6.55. The lowest BCUT2D eigenvalue weighted by Crippen LogP contribution is -2.17. The zero-order chi connectivity index (χ0) is 13.4. The lowest BCUT2D eigenvalue weighted by Gasteiger charge is -2.22. The van der Waals surface area contributed by atoms with E-state index in [4.69, 9.17) is 0 Å². The molecule has 0 aliphatic rings. The zero-order valence-corrected chi connectivity index (χ0v) is 12.6. The first-order valence-corrected chi connectivity index (χ1v) is 6.95. The number of hydrogen-bond acceptors (Lipinski definition) is 1. The fourth-order valence-electron chi connectivity index (χ4n) is 2.05. The molecule has 1 atom stereocenters. The van der Waals surface area contributed by atoms with Gasteiger partial charge in [0.2, 0.25) is 0 Å². The van der Waals surface area contributed by atoms with Crippen molar-refractivity contribution < 1.29 is 0 Å². The van der Waals surface area contributed by atoms with Crippen LogP contribution in [0.25, 0.3) is 0 Å².